The van der Waals surface area contributed by atoms with Crippen molar-refractivity contribution in [2.24, 2.45) is 4.99 Å². The Morgan fingerprint density at radius 2 is 1.62 bits per heavy atom. The lowest BCUT2D eigenvalue weighted by Crippen LogP contribution is -2.42. The number of aliphatic imine (C=N–C) groups is 1. The molecule has 1 fully saturated rings. The van der Waals surface area contributed by atoms with Gasteiger partial charge in [-0.2, -0.15) is 0 Å². The smallest absolute Gasteiger partial charge is 0.191 e. The number of nitrogens with one attached hydrogen (secondary N) is 2. The predicted octanol–water partition coefficient (Wildman–Crippen LogP) is 3.22. The maximum atomic E-state index is 5.62. The van der Waals surface area contributed by atoms with E-state index < -0.39 is 0 Å². The number of ether oxygens (including phenoxy) is 3. The molecular weight excluding hydrogens is 404 g/mol. The highest BCUT2D eigenvalue weighted by Crippen LogP contribution is 2.26. The first-order chi connectivity index (χ1) is 15.7. The van der Waals surface area contributed by atoms with E-state index in [1.165, 1.54) is 24.0 Å². The molecule has 2 aromatic carbocycles. The standard InChI is InChI=1S/C25H36N4O3/c1-26-25(27-18-20-6-10-23(11-7-20)32-17-16-30-2)28-19-24(29-14-4-5-15-29)21-8-12-22(31-3)13-9-21/h6-13,24H,4-5,14-19H2,1-3H3,(H2,26,27,28). The summed E-state index contributed by atoms with van der Waals surface area (Å²) in [5.74, 6) is 2.53. The average molecular weight is 441 g/mol. The van der Waals surface area contributed by atoms with E-state index in [4.69, 9.17) is 14.2 Å². The number of guanidine groups is 1. The lowest BCUT2D eigenvalue weighted by molar-refractivity contribution is 0.146. The molecule has 1 saturated heterocycles. The number of hydrogen-bond donors (Lipinski definition) is 2. The number of rotatable bonds is 11. The van der Waals surface area contributed by atoms with Crippen LogP contribution in [0.2, 0.25) is 0 Å². The second-order valence-electron chi connectivity index (χ2n) is 7.82. The molecule has 1 unspecified atom stereocenters. The first-order valence-electron chi connectivity index (χ1n) is 11.3. The first kappa shape index (κ1) is 23.9. The lowest BCUT2D eigenvalue weighted by atomic mass is 10.1. The molecule has 1 heterocycles. The summed E-state index contributed by atoms with van der Waals surface area (Å²) in [5, 5.41) is 6.93. The first-order valence-corrected chi connectivity index (χ1v) is 11.3. The van der Waals surface area contributed by atoms with Crippen molar-refractivity contribution in [1.82, 2.24) is 15.5 Å². The third-order valence-electron chi connectivity index (χ3n) is 5.71. The zero-order chi connectivity index (χ0) is 22.6. The molecule has 0 aliphatic carbocycles. The van der Waals surface area contributed by atoms with Crippen LogP contribution in [-0.4, -0.2) is 65.0 Å². The average Bonchev–Trinajstić information content (AvgIpc) is 3.37. The van der Waals surface area contributed by atoms with Crippen LogP contribution in [0.15, 0.2) is 53.5 Å². The van der Waals surface area contributed by atoms with Gasteiger partial charge in [0.1, 0.15) is 18.1 Å². The zero-order valence-corrected chi connectivity index (χ0v) is 19.5. The maximum absolute atomic E-state index is 5.62. The van der Waals surface area contributed by atoms with Crippen LogP contribution in [0, 0.1) is 0 Å². The van der Waals surface area contributed by atoms with E-state index >= 15 is 0 Å². The van der Waals surface area contributed by atoms with E-state index in [-0.39, 0.29) is 0 Å². The number of hydrogen-bond acceptors (Lipinski definition) is 5. The van der Waals surface area contributed by atoms with Crippen molar-refractivity contribution in [1.29, 1.82) is 0 Å². The quantitative estimate of drug-likeness (QED) is 0.318. The Kier molecular flexibility index (Phi) is 9.65. The van der Waals surface area contributed by atoms with Crippen LogP contribution in [0.4, 0.5) is 0 Å². The van der Waals surface area contributed by atoms with Gasteiger partial charge < -0.3 is 24.8 Å². The molecule has 1 atom stereocenters. The molecule has 2 aromatic rings. The van der Waals surface area contributed by atoms with Crippen LogP contribution in [0.25, 0.3) is 0 Å². The molecule has 7 heteroatoms. The van der Waals surface area contributed by atoms with Gasteiger partial charge in [-0.05, 0) is 61.3 Å². The molecule has 1 aliphatic heterocycles. The summed E-state index contributed by atoms with van der Waals surface area (Å²) >= 11 is 0. The van der Waals surface area contributed by atoms with Gasteiger partial charge in [0, 0.05) is 27.2 Å². The Balaban J connectivity index is 1.53. The predicted molar refractivity (Wildman–Crippen MR) is 129 cm³/mol. The van der Waals surface area contributed by atoms with Gasteiger partial charge in [0.25, 0.3) is 0 Å². The van der Waals surface area contributed by atoms with Gasteiger partial charge in [-0.25, -0.2) is 0 Å². The van der Waals surface area contributed by atoms with Crippen LogP contribution < -0.4 is 20.1 Å². The Morgan fingerprint density at radius 1 is 0.938 bits per heavy atom. The van der Waals surface area contributed by atoms with Crippen molar-refractivity contribution in [2.75, 3.05) is 54.1 Å². The van der Waals surface area contributed by atoms with Crippen molar-refractivity contribution >= 4 is 5.96 Å². The molecule has 1 aliphatic rings. The fraction of sp³-hybridized carbons (Fsp3) is 0.480. The van der Waals surface area contributed by atoms with Gasteiger partial charge >= 0.3 is 0 Å². The van der Waals surface area contributed by atoms with Crippen LogP contribution in [0.1, 0.15) is 30.0 Å². The van der Waals surface area contributed by atoms with E-state index in [2.05, 4.69) is 44.8 Å². The minimum atomic E-state index is 0.297. The summed E-state index contributed by atoms with van der Waals surface area (Å²) < 4.78 is 16.0. The largest absolute Gasteiger partial charge is 0.497 e. The van der Waals surface area contributed by atoms with E-state index in [0.717, 1.165) is 37.1 Å². The Bertz CT molecular complexity index is 818. The summed E-state index contributed by atoms with van der Waals surface area (Å²) in [6.07, 6.45) is 2.51. The molecule has 0 spiro atoms. The molecular formula is C25H36N4O3. The third kappa shape index (κ3) is 7.14. The summed E-state index contributed by atoms with van der Waals surface area (Å²) in [6, 6.07) is 16.8. The molecule has 32 heavy (non-hydrogen) atoms. The van der Waals surface area contributed by atoms with Crippen molar-refractivity contribution < 1.29 is 14.2 Å². The van der Waals surface area contributed by atoms with Gasteiger partial charge in [0.2, 0.25) is 0 Å². The van der Waals surface area contributed by atoms with Crippen LogP contribution in [0.3, 0.4) is 0 Å². The highest BCUT2D eigenvalue weighted by Gasteiger charge is 2.23. The second kappa shape index (κ2) is 12.9. The summed E-state index contributed by atoms with van der Waals surface area (Å²) in [7, 11) is 5.18. The molecule has 0 amide bonds. The molecule has 0 aromatic heterocycles. The minimum absolute atomic E-state index is 0.297. The molecule has 0 radical (unpaired) electrons. The van der Waals surface area contributed by atoms with E-state index in [1.54, 1.807) is 21.3 Å². The van der Waals surface area contributed by atoms with Gasteiger partial charge in [-0.1, -0.05) is 24.3 Å². The molecule has 2 N–H and O–H groups in total. The van der Waals surface area contributed by atoms with E-state index in [0.29, 0.717) is 25.8 Å². The molecule has 7 nitrogen and oxygen atoms in total. The second-order valence-corrected chi connectivity index (χ2v) is 7.82. The van der Waals surface area contributed by atoms with E-state index in [9.17, 15) is 0 Å². The van der Waals surface area contributed by atoms with Crippen molar-refractivity contribution in [3.05, 3.63) is 59.7 Å². The summed E-state index contributed by atoms with van der Waals surface area (Å²) in [5.41, 5.74) is 2.46. The monoisotopic (exact) mass is 440 g/mol. The van der Waals surface area contributed by atoms with Gasteiger partial charge in [0.05, 0.1) is 19.8 Å². The lowest BCUT2D eigenvalue weighted by Gasteiger charge is -2.29. The Hall–Kier alpha value is -2.77. The number of nitrogens with zero attached hydrogens (tertiary/aromatic N) is 2. The topological polar surface area (TPSA) is 67.4 Å². The normalized spacial score (nSPS) is 15.4. The number of methoxy groups -OCH3 is 2. The van der Waals surface area contributed by atoms with E-state index in [1.807, 2.05) is 24.3 Å². The van der Waals surface area contributed by atoms with Gasteiger partial charge in [-0.15, -0.1) is 0 Å². The van der Waals surface area contributed by atoms with Gasteiger partial charge in [0.15, 0.2) is 5.96 Å². The van der Waals surface area contributed by atoms with Crippen molar-refractivity contribution in [2.45, 2.75) is 25.4 Å². The SMILES string of the molecule is CN=C(NCc1ccc(OCCOC)cc1)NCC(c1ccc(OC)cc1)N1CCCC1. The van der Waals surface area contributed by atoms with Crippen LogP contribution in [-0.2, 0) is 11.3 Å². The number of benzene rings is 2. The summed E-state index contributed by atoms with van der Waals surface area (Å²) in [4.78, 5) is 6.95. The molecule has 0 bridgehead atoms. The number of likely N-dealkylation sites (tertiary alicyclic amines) is 1. The zero-order valence-electron chi connectivity index (χ0n) is 19.5. The van der Waals surface area contributed by atoms with Gasteiger partial charge in [-0.3, -0.25) is 9.89 Å². The summed E-state index contributed by atoms with van der Waals surface area (Å²) in [6.45, 7) is 4.87. The molecule has 174 valence electrons. The minimum Gasteiger partial charge on any atom is -0.497 e. The third-order valence-corrected chi connectivity index (χ3v) is 5.71. The fourth-order valence-electron chi connectivity index (χ4n) is 3.88. The highest BCUT2D eigenvalue weighted by molar-refractivity contribution is 5.79. The molecule has 0 saturated carbocycles. The Morgan fingerprint density at radius 3 is 2.25 bits per heavy atom. The maximum Gasteiger partial charge on any atom is 0.191 e. The van der Waals surface area contributed by atoms with Crippen LogP contribution in [0.5, 0.6) is 11.5 Å². The van der Waals surface area contributed by atoms with Crippen molar-refractivity contribution in [3.63, 3.8) is 0 Å². The Labute approximate surface area is 191 Å². The van der Waals surface area contributed by atoms with Crippen molar-refractivity contribution in [3.8, 4) is 11.5 Å². The van der Waals surface area contributed by atoms with Crippen LogP contribution >= 0.6 is 0 Å². The fourth-order valence-corrected chi connectivity index (χ4v) is 3.88. The highest BCUT2D eigenvalue weighted by atomic mass is 16.5. The molecule has 3 rings (SSSR count).